The van der Waals surface area contributed by atoms with E-state index in [9.17, 15) is 0 Å². The molecule has 1 aromatic heterocycles. The van der Waals surface area contributed by atoms with E-state index in [1.54, 1.807) is 11.5 Å². The largest absolute Gasteiger partial charge is 0.429 e. The molecule has 1 aromatic rings. The summed E-state index contributed by atoms with van der Waals surface area (Å²) in [4.78, 5) is 3.98. The third-order valence-electron chi connectivity index (χ3n) is 0.897. The molecule has 0 aliphatic carbocycles. The average Bonchev–Trinajstić information content (AvgIpc) is 1.90. The Morgan fingerprint density at radius 1 is 1.50 bits per heavy atom. The van der Waals surface area contributed by atoms with Crippen LogP contribution in [0.3, 0.4) is 0 Å². The van der Waals surface area contributed by atoms with Gasteiger partial charge in [-0.3, -0.25) is 0 Å². The topological polar surface area (TPSA) is 29.5 Å². The highest BCUT2D eigenvalue weighted by molar-refractivity contribution is 5.14. The summed E-state index contributed by atoms with van der Waals surface area (Å²) in [6.45, 7) is 0. The molecule has 0 spiro atoms. The molecular formula is C6H8N2. The van der Waals surface area contributed by atoms with Crippen molar-refractivity contribution >= 4 is 5.82 Å². The van der Waals surface area contributed by atoms with Gasteiger partial charge in [0, 0.05) is 12.3 Å². The zero-order chi connectivity index (χ0) is 5.82. The SMILES string of the molecule is [CH2-][NH2+]c1ccccn1. The van der Waals surface area contributed by atoms with Crippen LogP contribution in [0.1, 0.15) is 0 Å². The molecule has 0 bridgehead atoms. The van der Waals surface area contributed by atoms with Gasteiger partial charge < -0.3 is 5.32 Å². The van der Waals surface area contributed by atoms with Crippen molar-refractivity contribution in [1.29, 1.82) is 0 Å². The lowest BCUT2D eigenvalue weighted by Gasteiger charge is -1.92. The monoisotopic (exact) mass is 108 g/mol. The Morgan fingerprint density at radius 3 is 2.75 bits per heavy atom. The summed E-state index contributed by atoms with van der Waals surface area (Å²) < 4.78 is 0. The fraction of sp³-hybridized carbons (Fsp3) is 0. The van der Waals surface area contributed by atoms with Crippen LogP contribution in [0.5, 0.6) is 0 Å². The van der Waals surface area contributed by atoms with Gasteiger partial charge in [-0.2, -0.15) is 0 Å². The first-order valence-electron chi connectivity index (χ1n) is 2.47. The molecule has 0 fully saturated rings. The van der Waals surface area contributed by atoms with Crippen LogP contribution in [0.15, 0.2) is 24.4 Å². The summed E-state index contributed by atoms with van der Waals surface area (Å²) in [5, 5.41) is 1.72. The van der Waals surface area contributed by atoms with Gasteiger partial charge in [-0.25, -0.2) is 4.98 Å². The molecule has 1 heterocycles. The number of nitrogens with two attached hydrogens (primary N) is 1. The van der Waals surface area contributed by atoms with Crippen molar-refractivity contribution in [2.24, 2.45) is 0 Å². The molecule has 2 heteroatoms. The highest BCUT2D eigenvalue weighted by Gasteiger charge is 1.81. The lowest BCUT2D eigenvalue weighted by Crippen LogP contribution is -2.70. The number of rotatable bonds is 1. The van der Waals surface area contributed by atoms with E-state index in [4.69, 9.17) is 0 Å². The molecule has 0 unspecified atom stereocenters. The van der Waals surface area contributed by atoms with Crippen LogP contribution in [0, 0.1) is 7.05 Å². The molecule has 0 aromatic carbocycles. The van der Waals surface area contributed by atoms with Gasteiger partial charge >= 0.3 is 0 Å². The minimum atomic E-state index is 0.924. The van der Waals surface area contributed by atoms with E-state index in [0.717, 1.165) is 5.82 Å². The minimum absolute atomic E-state index is 0.924. The first kappa shape index (κ1) is 5.25. The van der Waals surface area contributed by atoms with Crippen LogP contribution in [0.25, 0.3) is 0 Å². The number of aromatic nitrogens is 1. The first-order valence-corrected chi connectivity index (χ1v) is 2.47. The number of hydrogen-bond donors (Lipinski definition) is 1. The van der Waals surface area contributed by atoms with Crippen LogP contribution in [-0.4, -0.2) is 4.98 Å². The fourth-order valence-corrected chi connectivity index (χ4v) is 0.497. The van der Waals surface area contributed by atoms with Gasteiger partial charge in [-0.05, 0) is 6.07 Å². The van der Waals surface area contributed by atoms with Crippen molar-refractivity contribution in [3.05, 3.63) is 31.4 Å². The number of hydrogen-bond acceptors (Lipinski definition) is 1. The first-order chi connectivity index (χ1) is 3.93. The van der Waals surface area contributed by atoms with Crippen LogP contribution in [0.4, 0.5) is 5.82 Å². The molecule has 0 saturated carbocycles. The Morgan fingerprint density at radius 2 is 2.38 bits per heavy atom. The molecule has 0 aliphatic rings. The van der Waals surface area contributed by atoms with E-state index in [1.807, 2.05) is 18.2 Å². The lowest BCUT2D eigenvalue weighted by molar-refractivity contribution is -0.508. The Balaban J connectivity index is 2.83. The molecule has 0 radical (unpaired) electrons. The van der Waals surface area contributed by atoms with Crippen molar-refractivity contribution in [2.75, 3.05) is 0 Å². The highest BCUT2D eigenvalue weighted by Crippen LogP contribution is 1.88. The normalized spacial score (nSPS) is 9.12. The maximum atomic E-state index is 3.98. The van der Waals surface area contributed by atoms with E-state index in [0.29, 0.717) is 0 Å². The second-order valence-corrected chi connectivity index (χ2v) is 1.46. The maximum Gasteiger partial charge on any atom is 0.197 e. The zero-order valence-electron chi connectivity index (χ0n) is 4.54. The summed E-state index contributed by atoms with van der Waals surface area (Å²) >= 11 is 0. The van der Waals surface area contributed by atoms with E-state index < -0.39 is 0 Å². The van der Waals surface area contributed by atoms with Crippen LogP contribution in [0.2, 0.25) is 0 Å². The van der Waals surface area contributed by atoms with E-state index in [1.165, 1.54) is 0 Å². The van der Waals surface area contributed by atoms with Crippen molar-refractivity contribution in [3.63, 3.8) is 0 Å². The number of pyridine rings is 1. The average molecular weight is 108 g/mol. The van der Waals surface area contributed by atoms with Crippen molar-refractivity contribution < 1.29 is 5.32 Å². The summed E-state index contributed by atoms with van der Waals surface area (Å²) in [5.41, 5.74) is 0. The predicted octanol–water partition coefficient (Wildman–Crippen LogP) is 0.0681. The Labute approximate surface area is 48.6 Å². The van der Waals surface area contributed by atoms with Crippen molar-refractivity contribution in [2.45, 2.75) is 0 Å². The Bertz CT molecular complexity index is 148. The molecule has 0 amide bonds. The molecule has 0 atom stereocenters. The molecule has 2 nitrogen and oxygen atoms in total. The zero-order valence-corrected chi connectivity index (χ0v) is 4.54. The molecule has 0 saturated heterocycles. The predicted molar refractivity (Wildman–Crippen MR) is 31.2 cm³/mol. The van der Waals surface area contributed by atoms with Crippen LogP contribution >= 0.6 is 0 Å². The van der Waals surface area contributed by atoms with E-state index >= 15 is 0 Å². The van der Waals surface area contributed by atoms with Crippen molar-refractivity contribution in [1.82, 2.24) is 4.98 Å². The van der Waals surface area contributed by atoms with Gasteiger partial charge in [0.05, 0.1) is 0 Å². The van der Waals surface area contributed by atoms with Gasteiger partial charge in [0.15, 0.2) is 5.82 Å². The molecule has 8 heavy (non-hydrogen) atoms. The van der Waals surface area contributed by atoms with Gasteiger partial charge in [0.25, 0.3) is 0 Å². The molecule has 1 rings (SSSR count). The summed E-state index contributed by atoms with van der Waals surface area (Å²) in [6, 6.07) is 5.73. The van der Waals surface area contributed by atoms with E-state index in [-0.39, 0.29) is 0 Å². The number of quaternary nitrogens is 1. The highest BCUT2D eigenvalue weighted by atomic mass is 14.9. The number of nitrogens with zero attached hydrogens (tertiary/aromatic N) is 1. The van der Waals surface area contributed by atoms with Crippen LogP contribution < -0.4 is 5.32 Å². The molecule has 0 aliphatic heterocycles. The van der Waals surface area contributed by atoms with Gasteiger partial charge in [-0.1, -0.05) is 6.07 Å². The molecule has 2 N–H and O–H groups in total. The minimum Gasteiger partial charge on any atom is -0.429 e. The van der Waals surface area contributed by atoms with Gasteiger partial charge in [0.2, 0.25) is 0 Å². The van der Waals surface area contributed by atoms with Gasteiger partial charge in [-0.15, -0.1) is 7.05 Å². The third-order valence-corrected chi connectivity index (χ3v) is 0.897. The molecular weight excluding hydrogens is 100 g/mol. The van der Waals surface area contributed by atoms with Crippen molar-refractivity contribution in [3.8, 4) is 0 Å². The summed E-state index contributed by atoms with van der Waals surface area (Å²) in [5.74, 6) is 0.924. The lowest BCUT2D eigenvalue weighted by atomic mass is 10.5. The second-order valence-electron chi connectivity index (χ2n) is 1.46. The Kier molecular flexibility index (Phi) is 1.59. The summed E-state index contributed by atoms with van der Waals surface area (Å²) in [6.07, 6.45) is 1.75. The fourth-order valence-electron chi connectivity index (χ4n) is 0.497. The standard InChI is InChI=1S/C6H8N2/c1-7-6-4-2-3-5-8-6/h2-5H,1,7H2. The quantitative estimate of drug-likeness (QED) is 0.507. The smallest absolute Gasteiger partial charge is 0.197 e. The Hall–Kier alpha value is -0.890. The van der Waals surface area contributed by atoms with E-state index in [2.05, 4.69) is 12.0 Å². The van der Waals surface area contributed by atoms with Crippen LogP contribution in [-0.2, 0) is 0 Å². The third kappa shape index (κ3) is 1.04. The molecule has 42 valence electrons. The maximum absolute atomic E-state index is 3.98. The second kappa shape index (κ2) is 2.43. The van der Waals surface area contributed by atoms with Gasteiger partial charge in [0.1, 0.15) is 0 Å². The summed E-state index contributed by atoms with van der Waals surface area (Å²) in [7, 11) is 3.57.